The van der Waals surface area contributed by atoms with Gasteiger partial charge in [0, 0.05) is 16.3 Å². The lowest BCUT2D eigenvalue weighted by Crippen LogP contribution is -2.14. The van der Waals surface area contributed by atoms with E-state index in [1.165, 1.54) is 0 Å². The monoisotopic (exact) mass is 277 g/mol. The lowest BCUT2D eigenvalue weighted by atomic mass is 10.1. The first-order chi connectivity index (χ1) is 10.1. The number of benzene rings is 2. The average Bonchev–Trinajstić information content (AvgIpc) is 2.48. The van der Waals surface area contributed by atoms with E-state index in [9.17, 15) is 9.59 Å². The van der Waals surface area contributed by atoms with Crippen molar-refractivity contribution in [3.63, 3.8) is 0 Å². The topological polar surface area (TPSA) is 63.1 Å². The van der Waals surface area contributed by atoms with Crippen molar-refractivity contribution in [3.8, 4) is 0 Å². The van der Waals surface area contributed by atoms with E-state index in [0.29, 0.717) is 22.0 Å². The van der Waals surface area contributed by atoms with Gasteiger partial charge in [0.15, 0.2) is 0 Å². The van der Waals surface area contributed by atoms with Crippen LogP contribution in [0.25, 0.3) is 32.8 Å². The largest absolute Gasteiger partial charge is 0.422 e. The second kappa shape index (κ2) is 4.06. The van der Waals surface area contributed by atoms with Crippen LogP contribution < -0.4 is 11.1 Å². The number of hydrogen-bond acceptors (Lipinski definition) is 3. The summed E-state index contributed by atoms with van der Waals surface area (Å²) in [5.74, 6) is 0. The molecule has 0 amide bonds. The maximum atomic E-state index is 12.6. The summed E-state index contributed by atoms with van der Waals surface area (Å²) >= 11 is 0. The fourth-order valence-corrected chi connectivity index (χ4v) is 2.71. The van der Waals surface area contributed by atoms with E-state index >= 15 is 0 Å². The molecule has 0 unspecified atom stereocenters. The molecule has 1 N–H and O–H groups in total. The molecule has 0 atom stereocenters. The van der Waals surface area contributed by atoms with Crippen LogP contribution in [-0.2, 0) is 0 Å². The number of aryl methyl sites for hydroxylation is 1. The first-order valence-corrected chi connectivity index (χ1v) is 6.63. The molecular weight excluding hydrogens is 266 g/mol. The van der Waals surface area contributed by atoms with E-state index in [-0.39, 0.29) is 10.8 Å². The lowest BCUT2D eigenvalue weighted by molar-refractivity contribution is 0.569. The zero-order chi connectivity index (χ0) is 14.6. The Labute approximate surface area is 118 Å². The van der Waals surface area contributed by atoms with Crippen LogP contribution in [0.4, 0.5) is 0 Å². The fraction of sp³-hybridized carbons (Fsp3) is 0.0588. The fourth-order valence-electron chi connectivity index (χ4n) is 2.71. The van der Waals surface area contributed by atoms with Gasteiger partial charge in [-0.25, -0.2) is 4.79 Å². The van der Waals surface area contributed by atoms with Crippen LogP contribution in [0.1, 0.15) is 5.56 Å². The smallest absolute Gasteiger partial charge is 0.349 e. The number of rotatable bonds is 0. The van der Waals surface area contributed by atoms with Crippen LogP contribution >= 0.6 is 0 Å². The van der Waals surface area contributed by atoms with Crippen LogP contribution in [-0.4, -0.2) is 4.98 Å². The minimum atomic E-state index is -0.603. The molecule has 0 spiro atoms. The number of H-pyrrole nitrogens is 1. The van der Waals surface area contributed by atoms with Gasteiger partial charge in [0.1, 0.15) is 11.0 Å². The molecule has 4 nitrogen and oxygen atoms in total. The Morgan fingerprint density at radius 3 is 2.67 bits per heavy atom. The summed E-state index contributed by atoms with van der Waals surface area (Å²) in [6, 6.07) is 12.7. The molecule has 0 aliphatic heterocycles. The summed E-state index contributed by atoms with van der Waals surface area (Å²) in [6.07, 6.45) is 0. The number of pyridine rings is 1. The second-order valence-electron chi connectivity index (χ2n) is 5.14. The predicted molar refractivity (Wildman–Crippen MR) is 82.9 cm³/mol. The van der Waals surface area contributed by atoms with Crippen molar-refractivity contribution < 1.29 is 4.42 Å². The third-order valence-electron chi connectivity index (χ3n) is 3.72. The third kappa shape index (κ3) is 1.62. The third-order valence-corrected chi connectivity index (χ3v) is 3.72. The molecule has 0 saturated heterocycles. The van der Waals surface area contributed by atoms with E-state index < -0.39 is 5.63 Å². The molecule has 4 rings (SSSR count). The van der Waals surface area contributed by atoms with E-state index in [0.717, 1.165) is 10.9 Å². The summed E-state index contributed by atoms with van der Waals surface area (Å²) < 4.78 is 5.28. The van der Waals surface area contributed by atoms with Gasteiger partial charge in [-0.2, -0.15) is 0 Å². The van der Waals surface area contributed by atoms with Gasteiger partial charge in [-0.05, 0) is 31.2 Å². The van der Waals surface area contributed by atoms with Gasteiger partial charge in [0.05, 0.1) is 5.52 Å². The van der Waals surface area contributed by atoms with Gasteiger partial charge in [-0.3, -0.25) is 4.79 Å². The van der Waals surface area contributed by atoms with Crippen molar-refractivity contribution in [2.24, 2.45) is 0 Å². The highest BCUT2D eigenvalue weighted by atomic mass is 16.4. The molecule has 2 aromatic carbocycles. The van der Waals surface area contributed by atoms with Gasteiger partial charge in [0.2, 0.25) is 5.43 Å². The van der Waals surface area contributed by atoms with E-state index in [1.807, 2.05) is 31.2 Å². The molecule has 4 aromatic rings. The van der Waals surface area contributed by atoms with Crippen LogP contribution in [0.3, 0.4) is 0 Å². The number of fused-ring (bicyclic) bond motifs is 4. The highest BCUT2D eigenvalue weighted by molar-refractivity contribution is 6.05. The zero-order valence-corrected chi connectivity index (χ0v) is 11.3. The Bertz CT molecular complexity index is 1140. The number of para-hydroxylation sites is 1. The van der Waals surface area contributed by atoms with E-state index in [1.54, 1.807) is 18.2 Å². The summed E-state index contributed by atoms with van der Waals surface area (Å²) in [5, 5.41) is 1.31. The molecule has 21 heavy (non-hydrogen) atoms. The Morgan fingerprint density at radius 1 is 1.00 bits per heavy atom. The quantitative estimate of drug-likeness (QED) is 0.305. The van der Waals surface area contributed by atoms with Crippen LogP contribution in [0, 0.1) is 6.92 Å². The molecule has 0 aliphatic carbocycles. The molecule has 0 fully saturated rings. The molecule has 4 heteroatoms. The minimum absolute atomic E-state index is 0.0757. The highest BCUT2D eigenvalue weighted by Gasteiger charge is 2.13. The van der Waals surface area contributed by atoms with Crippen LogP contribution in [0.2, 0.25) is 0 Å². The molecule has 0 radical (unpaired) electrons. The normalized spacial score (nSPS) is 11.5. The summed E-state index contributed by atoms with van der Waals surface area (Å²) in [6.45, 7) is 1.95. The molecule has 2 heterocycles. The first kappa shape index (κ1) is 11.9. The van der Waals surface area contributed by atoms with Gasteiger partial charge in [0.25, 0.3) is 0 Å². The molecule has 0 saturated carbocycles. The molecule has 0 bridgehead atoms. The lowest BCUT2D eigenvalue weighted by Gasteiger charge is -2.05. The van der Waals surface area contributed by atoms with Gasteiger partial charge in [-0.1, -0.05) is 23.8 Å². The van der Waals surface area contributed by atoms with Crippen LogP contribution in [0.5, 0.6) is 0 Å². The van der Waals surface area contributed by atoms with Gasteiger partial charge >= 0.3 is 5.63 Å². The van der Waals surface area contributed by atoms with Gasteiger partial charge < -0.3 is 9.40 Å². The van der Waals surface area contributed by atoms with Crippen LogP contribution in [0.15, 0.2) is 56.5 Å². The number of aromatic nitrogens is 1. The van der Waals surface area contributed by atoms with Crippen molar-refractivity contribution >= 4 is 32.8 Å². The van der Waals surface area contributed by atoms with Crippen molar-refractivity contribution in [3.05, 3.63) is 68.7 Å². The molecule has 2 aromatic heterocycles. The highest BCUT2D eigenvalue weighted by Crippen LogP contribution is 2.22. The minimum Gasteiger partial charge on any atom is -0.422 e. The SMILES string of the molecule is Cc1ccc2oc(=O)c3c(=O)c4ccccc4[nH]c3c2c1. The van der Waals surface area contributed by atoms with Crippen molar-refractivity contribution in [1.82, 2.24) is 4.98 Å². The summed E-state index contributed by atoms with van der Waals surface area (Å²) in [4.78, 5) is 27.9. The second-order valence-corrected chi connectivity index (χ2v) is 5.14. The number of aromatic amines is 1. The Hall–Kier alpha value is -2.88. The van der Waals surface area contributed by atoms with Gasteiger partial charge in [-0.15, -0.1) is 0 Å². The molecule has 0 aliphatic rings. The summed E-state index contributed by atoms with van der Waals surface area (Å²) in [5.41, 5.74) is 1.86. The Balaban J connectivity index is 2.41. The molecule has 102 valence electrons. The average molecular weight is 277 g/mol. The first-order valence-electron chi connectivity index (χ1n) is 6.63. The van der Waals surface area contributed by atoms with E-state index in [2.05, 4.69) is 4.98 Å². The van der Waals surface area contributed by atoms with E-state index in [4.69, 9.17) is 4.42 Å². The Morgan fingerprint density at radius 2 is 1.81 bits per heavy atom. The number of nitrogens with one attached hydrogen (secondary N) is 1. The Kier molecular flexibility index (Phi) is 2.30. The number of hydrogen-bond donors (Lipinski definition) is 1. The van der Waals surface area contributed by atoms with Crippen molar-refractivity contribution in [2.45, 2.75) is 6.92 Å². The maximum absolute atomic E-state index is 12.6. The van der Waals surface area contributed by atoms with Crippen molar-refractivity contribution in [2.75, 3.05) is 0 Å². The predicted octanol–water partition coefficient (Wildman–Crippen LogP) is 3.10. The molecular formula is C17H11NO3. The van der Waals surface area contributed by atoms with Crippen molar-refractivity contribution in [1.29, 1.82) is 0 Å². The standard InChI is InChI=1S/C17H11NO3/c1-9-6-7-13-11(8-9)15-14(17(20)21-13)16(19)10-4-2-3-5-12(10)18-15/h2-8H,1H3,(H,18,19). The zero-order valence-electron chi connectivity index (χ0n) is 11.3. The summed E-state index contributed by atoms with van der Waals surface area (Å²) in [7, 11) is 0. The maximum Gasteiger partial charge on any atom is 0.349 e.